The smallest absolute Gasteiger partial charge is 0.274 e. The number of aromatic nitrogens is 2. The van der Waals surface area contributed by atoms with Gasteiger partial charge in [-0.05, 0) is 18.2 Å². The normalized spacial score (nSPS) is 14.6. The summed E-state index contributed by atoms with van der Waals surface area (Å²) >= 11 is 11.9. The van der Waals surface area contributed by atoms with E-state index >= 15 is 0 Å². The highest BCUT2D eigenvalue weighted by Crippen LogP contribution is 2.23. The van der Waals surface area contributed by atoms with Crippen molar-refractivity contribution < 1.29 is 9.53 Å². The number of morpholine rings is 1. The average molecular weight is 353 g/mol. The van der Waals surface area contributed by atoms with Crippen LogP contribution in [0.15, 0.2) is 30.6 Å². The minimum atomic E-state index is -0.347. The number of ether oxygens (including phenoxy) is 1. The number of benzene rings is 1. The molecule has 0 atom stereocenters. The number of carbonyl (C=O) groups is 1. The van der Waals surface area contributed by atoms with Crippen molar-refractivity contribution in [2.24, 2.45) is 0 Å². The summed E-state index contributed by atoms with van der Waals surface area (Å²) in [4.78, 5) is 22.6. The summed E-state index contributed by atoms with van der Waals surface area (Å²) in [5, 5.41) is 3.63. The van der Waals surface area contributed by atoms with Gasteiger partial charge in [0.25, 0.3) is 5.91 Å². The van der Waals surface area contributed by atoms with Crippen molar-refractivity contribution in [1.29, 1.82) is 0 Å². The van der Waals surface area contributed by atoms with Crippen molar-refractivity contribution in [3.05, 3.63) is 46.3 Å². The fourth-order valence-electron chi connectivity index (χ4n) is 2.26. The van der Waals surface area contributed by atoms with Crippen LogP contribution in [0.4, 0.5) is 11.5 Å². The van der Waals surface area contributed by atoms with Crippen LogP contribution in [0, 0.1) is 0 Å². The summed E-state index contributed by atoms with van der Waals surface area (Å²) in [6, 6.07) is 6.50. The fourth-order valence-corrected chi connectivity index (χ4v) is 2.78. The summed E-state index contributed by atoms with van der Waals surface area (Å²) in [6.07, 6.45) is 1.38. The number of amides is 1. The third-order valence-electron chi connectivity index (χ3n) is 3.34. The van der Waals surface area contributed by atoms with Crippen LogP contribution in [0.3, 0.4) is 0 Å². The topological polar surface area (TPSA) is 67.4 Å². The average Bonchev–Trinajstić information content (AvgIpc) is 2.55. The third-order valence-corrected chi connectivity index (χ3v) is 3.78. The zero-order valence-corrected chi connectivity index (χ0v) is 13.6. The molecule has 1 fully saturated rings. The number of hydrogen-bond acceptors (Lipinski definition) is 5. The monoisotopic (exact) mass is 352 g/mol. The molecule has 0 bridgehead atoms. The second-order valence-corrected chi connectivity index (χ2v) is 5.85. The molecule has 0 saturated carbocycles. The number of hydrogen-bond donors (Lipinski definition) is 1. The fraction of sp³-hybridized carbons (Fsp3) is 0.267. The third kappa shape index (κ3) is 4.10. The molecule has 1 aromatic carbocycles. The van der Waals surface area contributed by atoms with Crippen LogP contribution in [-0.2, 0) is 4.74 Å². The van der Waals surface area contributed by atoms with Crippen LogP contribution in [0.2, 0.25) is 10.0 Å². The Bertz CT molecular complexity index is 700. The van der Waals surface area contributed by atoms with Gasteiger partial charge in [-0.25, -0.2) is 9.97 Å². The van der Waals surface area contributed by atoms with Gasteiger partial charge in [-0.3, -0.25) is 4.79 Å². The zero-order valence-electron chi connectivity index (χ0n) is 12.1. The van der Waals surface area contributed by atoms with Crippen LogP contribution in [0.1, 0.15) is 10.5 Å². The summed E-state index contributed by atoms with van der Waals surface area (Å²) in [5.74, 6) is 0.359. The summed E-state index contributed by atoms with van der Waals surface area (Å²) in [6.45, 7) is 2.77. The molecule has 120 valence electrons. The molecule has 2 aromatic rings. The minimum Gasteiger partial charge on any atom is -0.378 e. The van der Waals surface area contributed by atoms with Crippen LogP contribution >= 0.6 is 23.2 Å². The van der Waals surface area contributed by atoms with Gasteiger partial charge in [-0.2, -0.15) is 0 Å². The van der Waals surface area contributed by atoms with E-state index in [-0.39, 0.29) is 11.6 Å². The highest BCUT2D eigenvalue weighted by atomic mass is 35.5. The van der Waals surface area contributed by atoms with Crippen LogP contribution in [-0.4, -0.2) is 42.2 Å². The molecule has 0 radical (unpaired) electrons. The van der Waals surface area contributed by atoms with Crippen molar-refractivity contribution >= 4 is 40.6 Å². The summed E-state index contributed by atoms with van der Waals surface area (Å²) in [7, 11) is 0. The highest BCUT2D eigenvalue weighted by Gasteiger charge is 2.15. The first-order chi connectivity index (χ1) is 11.1. The number of rotatable bonds is 3. The van der Waals surface area contributed by atoms with E-state index in [1.165, 1.54) is 6.33 Å². The maximum Gasteiger partial charge on any atom is 0.274 e. The molecule has 1 N–H and O–H groups in total. The maximum atomic E-state index is 12.3. The Hall–Kier alpha value is -1.89. The van der Waals surface area contributed by atoms with E-state index in [0.29, 0.717) is 34.8 Å². The molecule has 1 aliphatic rings. The Morgan fingerprint density at radius 2 is 1.78 bits per heavy atom. The lowest BCUT2D eigenvalue weighted by atomic mass is 10.3. The van der Waals surface area contributed by atoms with Gasteiger partial charge in [0.05, 0.1) is 13.2 Å². The number of anilines is 2. The van der Waals surface area contributed by atoms with E-state index in [1.54, 1.807) is 24.3 Å². The van der Waals surface area contributed by atoms with Gasteiger partial charge < -0.3 is 15.0 Å². The lowest BCUT2D eigenvalue weighted by molar-refractivity contribution is 0.102. The van der Waals surface area contributed by atoms with Crippen LogP contribution in [0.25, 0.3) is 0 Å². The molecule has 3 rings (SSSR count). The van der Waals surface area contributed by atoms with E-state index < -0.39 is 0 Å². The SMILES string of the molecule is O=C(Nc1cc(Cl)cc(Cl)c1)c1cc(N2CCOCC2)ncn1. The first-order valence-corrected chi connectivity index (χ1v) is 7.79. The molecule has 1 aliphatic heterocycles. The molecule has 0 spiro atoms. The molecule has 6 nitrogen and oxygen atoms in total. The van der Waals surface area contributed by atoms with Crippen molar-refractivity contribution in [3.63, 3.8) is 0 Å². The van der Waals surface area contributed by atoms with E-state index in [2.05, 4.69) is 20.2 Å². The second-order valence-electron chi connectivity index (χ2n) is 4.97. The number of halogens is 2. The van der Waals surface area contributed by atoms with E-state index in [4.69, 9.17) is 27.9 Å². The lowest BCUT2D eigenvalue weighted by Crippen LogP contribution is -2.37. The molecule has 23 heavy (non-hydrogen) atoms. The maximum absolute atomic E-state index is 12.3. The number of nitrogens with one attached hydrogen (secondary N) is 1. The molecule has 1 amide bonds. The molecule has 1 aromatic heterocycles. The Morgan fingerprint density at radius 1 is 1.09 bits per heavy atom. The summed E-state index contributed by atoms with van der Waals surface area (Å²) in [5.41, 5.74) is 0.789. The first kappa shape index (κ1) is 16.0. The van der Waals surface area contributed by atoms with Crippen LogP contribution < -0.4 is 10.2 Å². The molecule has 0 unspecified atom stereocenters. The van der Waals surface area contributed by atoms with Crippen molar-refractivity contribution in [1.82, 2.24) is 9.97 Å². The largest absolute Gasteiger partial charge is 0.378 e. The van der Waals surface area contributed by atoms with E-state index in [9.17, 15) is 4.79 Å². The van der Waals surface area contributed by atoms with Crippen LogP contribution in [0.5, 0.6) is 0 Å². The predicted molar refractivity (Wildman–Crippen MR) is 89.5 cm³/mol. The van der Waals surface area contributed by atoms with Gasteiger partial charge in [0, 0.05) is 34.9 Å². The molecular formula is C15H14Cl2N4O2. The number of carbonyl (C=O) groups excluding carboxylic acids is 1. The predicted octanol–water partition coefficient (Wildman–Crippen LogP) is 2.87. The van der Waals surface area contributed by atoms with Gasteiger partial charge in [0.2, 0.25) is 0 Å². The molecule has 0 aliphatic carbocycles. The molecular weight excluding hydrogens is 339 g/mol. The molecule has 2 heterocycles. The second kappa shape index (κ2) is 7.12. The first-order valence-electron chi connectivity index (χ1n) is 7.04. The minimum absolute atomic E-state index is 0.276. The van der Waals surface area contributed by atoms with Gasteiger partial charge in [-0.1, -0.05) is 23.2 Å². The summed E-state index contributed by atoms with van der Waals surface area (Å²) < 4.78 is 5.31. The Labute approximate surface area is 143 Å². The number of nitrogens with zero attached hydrogens (tertiary/aromatic N) is 3. The van der Waals surface area contributed by atoms with Gasteiger partial charge in [0.15, 0.2) is 0 Å². The van der Waals surface area contributed by atoms with Crippen molar-refractivity contribution in [2.75, 3.05) is 36.5 Å². The Morgan fingerprint density at radius 3 is 2.48 bits per heavy atom. The van der Waals surface area contributed by atoms with Gasteiger partial charge in [0.1, 0.15) is 17.8 Å². The molecule has 8 heteroatoms. The molecule has 1 saturated heterocycles. The van der Waals surface area contributed by atoms with E-state index in [0.717, 1.165) is 13.1 Å². The highest BCUT2D eigenvalue weighted by molar-refractivity contribution is 6.35. The van der Waals surface area contributed by atoms with Crippen molar-refractivity contribution in [3.8, 4) is 0 Å². The Balaban J connectivity index is 1.76. The quantitative estimate of drug-likeness (QED) is 0.919. The van der Waals surface area contributed by atoms with Gasteiger partial charge in [-0.15, -0.1) is 0 Å². The zero-order chi connectivity index (χ0) is 16.2. The van der Waals surface area contributed by atoms with Crippen molar-refractivity contribution in [2.45, 2.75) is 0 Å². The Kier molecular flexibility index (Phi) is 4.95. The van der Waals surface area contributed by atoms with Gasteiger partial charge >= 0.3 is 0 Å². The van der Waals surface area contributed by atoms with E-state index in [1.807, 2.05) is 0 Å². The standard InChI is InChI=1S/C15H14Cl2N4O2/c16-10-5-11(17)7-12(6-10)20-15(22)13-8-14(19-9-18-13)21-1-3-23-4-2-21/h5-9H,1-4H2,(H,20,22). The lowest BCUT2D eigenvalue weighted by Gasteiger charge is -2.27.